The first-order chi connectivity index (χ1) is 10.1. The lowest BCUT2D eigenvalue weighted by Gasteiger charge is -2.32. The molecule has 1 fully saturated rings. The number of morpholine rings is 1. The van der Waals surface area contributed by atoms with Crippen LogP contribution in [-0.4, -0.2) is 36.7 Å². The summed E-state index contributed by atoms with van der Waals surface area (Å²) in [6.45, 7) is 11.4. The Kier molecular flexibility index (Phi) is 6.68. The molecular formula is C17H27BrN2O. The van der Waals surface area contributed by atoms with Gasteiger partial charge in [-0.25, -0.2) is 0 Å². The van der Waals surface area contributed by atoms with Gasteiger partial charge in [-0.3, -0.25) is 4.90 Å². The number of hydrogen-bond donors (Lipinski definition) is 1. The quantitative estimate of drug-likeness (QED) is 0.845. The largest absolute Gasteiger partial charge is 0.376 e. The highest BCUT2D eigenvalue weighted by Gasteiger charge is 2.19. The normalized spacial score (nSPS) is 20.1. The highest BCUT2D eigenvalue weighted by atomic mass is 79.9. The number of hydrogen-bond acceptors (Lipinski definition) is 3. The van der Waals surface area contributed by atoms with Crippen LogP contribution in [0, 0.1) is 0 Å². The molecule has 3 nitrogen and oxygen atoms in total. The van der Waals surface area contributed by atoms with E-state index in [2.05, 4.69) is 65.1 Å². The maximum absolute atomic E-state index is 5.74. The maximum Gasteiger partial charge on any atom is 0.0700 e. The summed E-state index contributed by atoms with van der Waals surface area (Å²) in [5, 5.41) is 3.46. The van der Waals surface area contributed by atoms with Crippen LogP contribution in [0.3, 0.4) is 0 Å². The summed E-state index contributed by atoms with van der Waals surface area (Å²) >= 11 is 3.73. The summed E-state index contributed by atoms with van der Waals surface area (Å²) in [5.41, 5.74) is 2.69. The molecule has 1 unspecified atom stereocenters. The summed E-state index contributed by atoms with van der Waals surface area (Å²) in [4.78, 5) is 2.49. The topological polar surface area (TPSA) is 24.5 Å². The summed E-state index contributed by atoms with van der Waals surface area (Å²) in [5.74, 6) is 0. The Hall–Kier alpha value is -0.420. The van der Waals surface area contributed by atoms with Crippen LogP contribution in [0.25, 0.3) is 0 Å². The van der Waals surface area contributed by atoms with E-state index in [1.165, 1.54) is 15.6 Å². The number of nitrogens with one attached hydrogen (secondary N) is 1. The van der Waals surface area contributed by atoms with E-state index in [0.29, 0.717) is 12.1 Å². The summed E-state index contributed by atoms with van der Waals surface area (Å²) in [6, 6.07) is 7.23. The van der Waals surface area contributed by atoms with Gasteiger partial charge in [0.15, 0.2) is 0 Å². The monoisotopic (exact) mass is 354 g/mol. The zero-order chi connectivity index (χ0) is 15.2. The van der Waals surface area contributed by atoms with Gasteiger partial charge in [-0.2, -0.15) is 0 Å². The summed E-state index contributed by atoms with van der Waals surface area (Å²) < 4.78 is 6.95. The highest BCUT2D eigenvalue weighted by Crippen LogP contribution is 2.22. The van der Waals surface area contributed by atoms with Crippen molar-refractivity contribution in [2.45, 2.75) is 52.4 Å². The average molecular weight is 355 g/mol. The molecule has 1 aliphatic heterocycles. The fourth-order valence-electron chi connectivity index (χ4n) is 2.56. The Labute approximate surface area is 137 Å². The molecule has 1 aromatic carbocycles. The lowest BCUT2D eigenvalue weighted by Crippen LogP contribution is -2.41. The minimum Gasteiger partial charge on any atom is -0.376 e. The molecule has 118 valence electrons. The first-order valence-electron chi connectivity index (χ1n) is 7.93. The third kappa shape index (κ3) is 5.37. The molecule has 4 heteroatoms. The van der Waals surface area contributed by atoms with Crippen LogP contribution in [0.4, 0.5) is 0 Å². The molecule has 1 aliphatic rings. The second-order valence-corrected chi connectivity index (χ2v) is 6.95. The van der Waals surface area contributed by atoms with Crippen molar-refractivity contribution in [2.75, 3.05) is 19.7 Å². The Morgan fingerprint density at radius 1 is 1.43 bits per heavy atom. The van der Waals surface area contributed by atoms with Gasteiger partial charge in [-0.05, 0) is 23.6 Å². The molecule has 0 saturated carbocycles. The predicted molar refractivity (Wildman–Crippen MR) is 91.4 cm³/mol. The molecule has 1 atom stereocenters. The van der Waals surface area contributed by atoms with Crippen molar-refractivity contribution in [1.82, 2.24) is 10.2 Å². The van der Waals surface area contributed by atoms with Crippen LogP contribution in [0.5, 0.6) is 0 Å². The average Bonchev–Trinajstić information content (AvgIpc) is 2.48. The minimum absolute atomic E-state index is 0.395. The molecule has 0 spiro atoms. The Morgan fingerprint density at radius 3 is 2.90 bits per heavy atom. The van der Waals surface area contributed by atoms with E-state index >= 15 is 0 Å². The van der Waals surface area contributed by atoms with Crippen molar-refractivity contribution in [2.24, 2.45) is 0 Å². The van der Waals surface area contributed by atoms with Crippen LogP contribution in [0.15, 0.2) is 22.7 Å². The fraction of sp³-hybridized carbons (Fsp3) is 0.647. The minimum atomic E-state index is 0.395. The first-order valence-corrected chi connectivity index (χ1v) is 8.72. The number of ether oxygens (including phenoxy) is 1. The fourth-order valence-corrected chi connectivity index (χ4v) is 3.11. The maximum atomic E-state index is 5.74. The van der Waals surface area contributed by atoms with Crippen molar-refractivity contribution in [1.29, 1.82) is 0 Å². The number of benzene rings is 1. The molecule has 21 heavy (non-hydrogen) atoms. The van der Waals surface area contributed by atoms with E-state index in [4.69, 9.17) is 4.74 Å². The highest BCUT2D eigenvalue weighted by molar-refractivity contribution is 9.10. The van der Waals surface area contributed by atoms with Gasteiger partial charge in [0.1, 0.15) is 0 Å². The van der Waals surface area contributed by atoms with Gasteiger partial charge in [-0.15, -0.1) is 0 Å². The third-order valence-electron chi connectivity index (χ3n) is 3.90. The van der Waals surface area contributed by atoms with Gasteiger partial charge in [0.2, 0.25) is 0 Å². The van der Waals surface area contributed by atoms with E-state index in [1.807, 2.05) is 0 Å². The number of halogens is 1. The van der Waals surface area contributed by atoms with Crippen LogP contribution < -0.4 is 5.32 Å². The Morgan fingerprint density at radius 2 is 2.24 bits per heavy atom. The van der Waals surface area contributed by atoms with Gasteiger partial charge < -0.3 is 10.1 Å². The van der Waals surface area contributed by atoms with E-state index in [-0.39, 0.29) is 0 Å². The summed E-state index contributed by atoms with van der Waals surface area (Å²) in [6.07, 6.45) is 1.49. The number of nitrogens with zero attached hydrogens (tertiary/aromatic N) is 1. The molecule has 0 radical (unpaired) electrons. The Bertz CT molecular complexity index is 450. The zero-order valence-electron chi connectivity index (χ0n) is 13.4. The van der Waals surface area contributed by atoms with Crippen LogP contribution in [0.1, 0.15) is 38.3 Å². The molecule has 1 aromatic rings. The van der Waals surface area contributed by atoms with Gasteiger partial charge in [0.25, 0.3) is 0 Å². The standard InChI is InChI=1S/C17H27BrN2O/c1-4-16-12-20(7-8-21-16)11-15-6-5-14(9-17(15)18)10-19-13(2)3/h5-6,9,13,16,19H,4,7-8,10-12H2,1-3H3. The molecule has 2 rings (SSSR count). The van der Waals surface area contributed by atoms with E-state index < -0.39 is 0 Å². The van der Waals surface area contributed by atoms with Crippen molar-refractivity contribution in [3.8, 4) is 0 Å². The molecule has 0 amide bonds. The van der Waals surface area contributed by atoms with Crippen LogP contribution in [0.2, 0.25) is 0 Å². The third-order valence-corrected chi connectivity index (χ3v) is 4.64. The second-order valence-electron chi connectivity index (χ2n) is 6.10. The van der Waals surface area contributed by atoms with Crippen molar-refractivity contribution < 1.29 is 4.74 Å². The van der Waals surface area contributed by atoms with Gasteiger partial charge >= 0.3 is 0 Å². The molecule has 1 saturated heterocycles. The lowest BCUT2D eigenvalue weighted by atomic mass is 10.1. The molecule has 0 aromatic heterocycles. The van der Waals surface area contributed by atoms with Crippen molar-refractivity contribution >= 4 is 15.9 Å². The lowest BCUT2D eigenvalue weighted by molar-refractivity contribution is -0.0325. The van der Waals surface area contributed by atoms with Crippen LogP contribution in [-0.2, 0) is 17.8 Å². The summed E-state index contributed by atoms with van der Waals surface area (Å²) in [7, 11) is 0. The smallest absolute Gasteiger partial charge is 0.0700 e. The van der Waals surface area contributed by atoms with Gasteiger partial charge in [-0.1, -0.05) is 48.8 Å². The van der Waals surface area contributed by atoms with Gasteiger partial charge in [0, 0.05) is 36.7 Å². The predicted octanol–water partition coefficient (Wildman–Crippen LogP) is 3.56. The van der Waals surface area contributed by atoms with Gasteiger partial charge in [0.05, 0.1) is 12.7 Å². The van der Waals surface area contributed by atoms with E-state index in [0.717, 1.165) is 39.2 Å². The second kappa shape index (κ2) is 8.28. The Balaban J connectivity index is 1.94. The van der Waals surface area contributed by atoms with Crippen LogP contribution >= 0.6 is 15.9 Å². The zero-order valence-corrected chi connectivity index (χ0v) is 14.9. The first kappa shape index (κ1) is 16.9. The van der Waals surface area contributed by atoms with E-state index in [1.54, 1.807) is 0 Å². The SMILES string of the molecule is CCC1CN(Cc2ccc(CNC(C)C)cc2Br)CCO1. The van der Waals surface area contributed by atoms with Crippen molar-refractivity contribution in [3.05, 3.63) is 33.8 Å². The molecule has 0 bridgehead atoms. The molecule has 1 N–H and O–H groups in total. The molecule has 1 heterocycles. The molecule has 0 aliphatic carbocycles. The van der Waals surface area contributed by atoms with E-state index in [9.17, 15) is 0 Å². The molecular weight excluding hydrogens is 328 g/mol. The van der Waals surface area contributed by atoms with Crippen molar-refractivity contribution in [3.63, 3.8) is 0 Å². The number of rotatable bonds is 6.